The van der Waals surface area contributed by atoms with Crippen molar-refractivity contribution in [3.63, 3.8) is 0 Å². The van der Waals surface area contributed by atoms with Gasteiger partial charge in [0.2, 0.25) is 0 Å². The van der Waals surface area contributed by atoms with Crippen molar-refractivity contribution >= 4 is 0 Å². The van der Waals surface area contributed by atoms with Crippen LogP contribution in [0.2, 0.25) is 0 Å². The molecule has 0 aliphatic carbocycles. The van der Waals surface area contributed by atoms with Crippen molar-refractivity contribution in [3.05, 3.63) is 35.5 Å². The lowest BCUT2D eigenvalue weighted by Gasteiger charge is -2.25. The largest absolute Gasteiger partial charge is 0.302 e. The maximum absolute atomic E-state index is 2.37. The molecule has 1 rings (SSSR count). The Hall–Kier alpha value is -0.820. The average Bonchev–Trinajstić information content (AvgIpc) is 2.17. The number of hydrogen-bond donors (Lipinski definition) is 0. The molecule has 0 radical (unpaired) electrons. The van der Waals surface area contributed by atoms with Gasteiger partial charge in [-0.2, -0.15) is 0 Å². The molecule has 78 valence electrons. The van der Waals surface area contributed by atoms with Crippen molar-refractivity contribution in [1.29, 1.82) is 0 Å². The van der Waals surface area contributed by atoms with Crippen molar-refractivity contribution < 1.29 is 0 Å². The first-order chi connectivity index (χ1) is 6.77. The van der Waals surface area contributed by atoms with E-state index in [2.05, 4.69) is 50.1 Å². The van der Waals surface area contributed by atoms with Crippen LogP contribution >= 0.6 is 0 Å². The van der Waals surface area contributed by atoms with Crippen LogP contribution in [0.15, 0.2) is 35.5 Å². The predicted octanol–water partition coefficient (Wildman–Crippen LogP) is 3.16. The van der Waals surface area contributed by atoms with Gasteiger partial charge in [0.05, 0.1) is 0 Å². The van der Waals surface area contributed by atoms with Crippen LogP contribution in [0.3, 0.4) is 0 Å². The van der Waals surface area contributed by atoms with Crippen molar-refractivity contribution in [3.8, 4) is 0 Å². The van der Waals surface area contributed by atoms with Gasteiger partial charge >= 0.3 is 0 Å². The average molecular weight is 191 g/mol. The molecule has 14 heavy (non-hydrogen) atoms. The molecule has 0 spiro atoms. The number of allylic oxidation sites excluding steroid dienone is 3. The predicted molar refractivity (Wildman–Crippen MR) is 63.4 cm³/mol. The van der Waals surface area contributed by atoms with Gasteiger partial charge in [0.25, 0.3) is 0 Å². The normalized spacial score (nSPS) is 20.2. The van der Waals surface area contributed by atoms with E-state index in [9.17, 15) is 0 Å². The third-order valence-electron chi connectivity index (χ3n) is 2.54. The Labute approximate surface area is 87.8 Å². The van der Waals surface area contributed by atoms with Gasteiger partial charge in [0.1, 0.15) is 0 Å². The van der Waals surface area contributed by atoms with Crippen molar-refractivity contribution in [2.75, 3.05) is 20.1 Å². The summed E-state index contributed by atoms with van der Waals surface area (Å²) in [6.07, 6.45) is 11.2. The molecule has 0 saturated heterocycles. The fourth-order valence-electron chi connectivity index (χ4n) is 1.75. The molecule has 1 aliphatic heterocycles. The van der Waals surface area contributed by atoms with Gasteiger partial charge in [-0.25, -0.2) is 0 Å². The molecule has 0 unspecified atom stereocenters. The van der Waals surface area contributed by atoms with Gasteiger partial charge in [-0.05, 0) is 38.0 Å². The van der Waals surface area contributed by atoms with E-state index in [1.54, 1.807) is 0 Å². The zero-order valence-electron chi connectivity index (χ0n) is 9.59. The molecule has 1 nitrogen and oxygen atoms in total. The second-order valence-electron chi connectivity index (χ2n) is 3.85. The minimum atomic E-state index is 1.09. The first-order valence-corrected chi connectivity index (χ1v) is 5.47. The van der Waals surface area contributed by atoms with Gasteiger partial charge in [0.15, 0.2) is 0 Å². The minimum absolute atomic E-state index is 1.09. The second-order valence-corrected chi connectivity index (χ2v) is 3.85. The molecule has 0 aromatic rings. The van der Waals surface area contributed by atoms with E-state index in [4.69, 9.17) is 0 Å². The van der Waals surface area contributed by atoms with E-state index in [1.807, 2.05) is 0 Å². The first kappa shape index (κ1) is 11.3. The van der Waals surface area contributed by atoms with Crippen LogP contribution in [0.25, 0.3) is 0 Å². The summed E-state index contributed by atoms with van der Waals surface area (Å²) in [6.45, 7) is 6.54. The van der Waals surface area contributed by atoms with Gasteiger partial charge in [-0.15, -0.1) is 0 Å². The molecule has 0 bridgehead atoms. The Bertz CT molecular complexity index is 258. The number of nitrogens with zero attached hydrogens (tertiary/aromatic N) is 1. The summed E-state index contributed by atoms with van der Waals surface area (Å²) in [4.78, 5) is 2.37. The molecule has 0 atom stereocenters. The molecular formula is C13H21N. The maximum Gasteiger partial charge on any atom is 0.0233 e. The SMILES string of the molecule is C/C=C\C1=C(/C=C\CC)CCN(C)C1. The molecule has 0 saturated carbocycles. The summed E-state index contributed by atoms with van der Waals surface area (Å²) in [5, 5.41) is 0. The molecular weight excluding hydrogens is 170 g/mol. The third kappa shape index (κ3) is 3.15. The third-order valence-corrected chi connectivity index (χ3v) is 2.54. The second kappa shape index (κ2) is 5.82. The molecule has 1 heterocycles. The highest BCUT2D eigenvalue weighted by molar-refractivity contribution is 5.36. The summed E-state index contributed by atoms with van der Waals surface area (Å²) < 4.78 is 0. The zero-order valence-corrected chi connectivity index (χ0v) is 9.59. The standard InChI is InChI=1S/C13H21N/c1-4-6-8-12-9-10-14(3)11-13(12)7-5-2/h5-8H,4,9-11H2,1-3H3/b7-5-,8-6-. The van der Waals surface area contributed by atoms with E-state index < -0.39 is 0 Å². The summed E-state index contributed by atoms with van der Waals surface area (Å²) in [5.41, 5.74) is 2.99. The van der Waals surface area contributed by atoms with Gasteiger partial charge < -0.3 is 4.90 Å². The Kier molecular flexibility index (Phi) is 4.68. The smallest absolute Gasteiger partial charge is 0.0233 e. The quantitative estimate of drug-likeness (QED) is 0.662. The number of rotatable bonds is 3. The van der Waals surface area contributed by atoms with E-state index in [0.717, 1.165) is 13.0 Å². The van der Waals surface area contributed by atoms with Crippen molar-refractivity contribution in [1.82, 2.24) is 4.90 Å². The lowest BCUT2D eigenvalue weighted by Crippen LogP contribution is -2.27. The zero-order chi connectivity index (χ0) is 10.4. The molecule has 1 aliphatic rings. The highest BCUT2D eigenvalue weighted by Gasteiger charge is 2.11. The van der Waals surface area contributed by atoms with Gasteiger partial charge in [-0.3, -0.25) is 0 Å². The maximum atomic E-state index is 2.37. The molecule has 0 N–H and O–H groups in total. The van der Waals surface area contributed by atoms with Crippen LogP contribution in [0, 0.1) is 0 Å². The fraction of sp³-hybridized carbons (Fsp3) is 0.538. The Morgan fingerprint density at radius 2 is 2.07 bits per heavy atom. The Balaban J connectivity index is 2.82. The van der Waals surface area contributed by atoms with Crippen LogP contribution in [-0.2, 0) is 0 Å². The fourth-order valence-corrected chi connectivity index (χ4v) is 1.75. The monoisotopic (exact) mass is 191 g/mol. The van der Waals surface area contributed by atoms with Crippen LogP contribution < -0.4 is 0 Å². The summed E-state index contributed by atoms with van der Waals surface area (Å²) in [5.74, 6) is 0. The summed E-state index contributed by atoms with van der Waals surface area (Å²) >= 11 is 0. The molecule has 1 heteroatoms. The highest BCUT2D eigenvalue weighted by Crippen LogP contribution is 2.19. The van der Waals surface area contributed by atoms with E-state index in [0.29, 0.717) is 0 Å². The topological polar surface area (TPSA) is 3.24 Å². The van der Waals surface area contributed by atoms with E-state index in [-0.39, 0.29) is 0 Å². The van der Waals surface area contributed by atoms with E-state index in [1.165, 1.54) is 24.1 Å². The molecule has 0 amide bonds. The lowest BCUT2D eigenvalue weighted by atomic mass is 9.99. The van der Waals surface area contributed by atoms with Crippen molar-refractivity contribution in [2.24, 2.45) is 0 Å². The Morgan fingerprint density at radius 3 is 2.71 bits per heavy atom. The number of likely N-dealkylation sites (N-methyl/N-ethyl adjacent to an activating group) is 1. The number of hydrogen-bond acceptors (Lipinski definition) is 1. The van der Waals surface area contributed by atoms with Crippen LogP contribution in [0.5, 0.6) is 0 Å². The summed E-state index contributed by atoms with van der Waals surface area (Å²) in [6, 6.07) is 0. The Morgan fingerprint density at radius 1 is 1.29 bits per heavy atom. The van der Waals surface area contributed by atoms with Crippen molar-refractivity contribution in [2.45, 2.75) is 26.7 Å². The minimum Gasteiger partial charge on any atom is -0.302 e. The molecule has 0 aromatic heterocycles. The van der Waals surface area contributed by atoms with Gasteiger partial charge in [-0.1, -0.05) is 31.2 Å². The lowest BCUT2D eigenvalue weighted by molar-refractivity contribution is 0.354. The first-order valence-electron chi connectivity index (χ1n) is 5.47. The van der Waals surface area contributed by atoms with E-state index >= 15 is 0 Å². The molecule has 0 fully saturated rings. The van der Waals surface area contributed by atoms with Gasteiger partial charge in [0, 0.05) is 13.1 Å². The molecule has 0 aromatic carbocycles. The highest BCUT2D eigenvalue weighted by atomic mass is 15.1. The van der Waals surface area contributed by atoms with Crippen LogP contribution in [-0.4, -0.2) is 25.0 Å². The van der Waals surface area contributed by atoms with Crippen LogP contribution in [0.1, 0.15) is 26.7 Å². The van der Waals surface area contributed by atoms with Crippen LogP contribution in [0.4, 0.5) is 0 Å². The summed E-state index contributed by atoms with van der Waals surface area (Å²) in [7, 11) is 2.18.